The van der Waals surface area contributed by atoms with Crippen LogP contribution < -0.4 is 0 Å². The van der Waals surface area contributed by atoms with E-state index >= 15 is 0 Å². The third-order valence-corrected chi connectivity index (χ3v) is 2.95. The van der Waals surface area contributed by atoms with Crippen molar-refractivity contribution in [2.45, 2.75) is 65.2 Å². The van der Waals surface area contributed by atoms with E-state index in [1.165, 1.54) is 25.3 Å². The summed E-state index contributed by atoms with van der Waals surface area (Å²) in [7, 11) is 0. The maximum absolute atomic E-state index is 11.2. The Kier molecular flexibility index (Phi) is 13.1. The zero-order valence-corrected chi connectivity index (χ0v) is 12.9. The normalized spacial score (nSPS) is 11.3. The quantitative estimate of drug-likeness (QED) is 0.231. The number of carbonyl (C=O) groups excluding carboxylic acids is 2. The molecule has 0 radical (unpaired) electrons. The van der Waals surface area contributed by atoms with Gasteiger partial charge in [0.15, 0.2) is 0 Å². The average molecular weight is 280 g/mol. The van der Waals surface area contributed by atoms with E-state index in [0.717, 1.165) is 32.1 Å². The SMILES string of the molecule is C/C=C/C=C/C(=O)OCCCCCCCCCC(C)=O. The van der Waals surface area contributed by atoms with Crippen LogP contribution in [0.2, 0.25) is 0 Å². The third kappa shape index (κ3) is 14.7. The van der Waals surface area contributed by atoms with E-state index < -0.39 is 0 Å². The molecule has 0 aromatic heterocycles. The maximum Gasteiger partial charge on any atom is 0.330 e. The van der Waals surface area contributed by atoms with Crippen LogP contribution in [0.4, 0.5) is 0 Å². The number of ether oxygens (including phenoxy) is 1. The first kappa shape index (κ1) is 18.6. The lowest BCUT2D eigenvalue weighted by molar-refractivity contribution is -0.137. The highest BCUT2D eigenvalue weighted by Crippen LogP contribution is 2.08. The van der Waals surface area contributed by atoms with E-state index in [1.807, 2.05) is 13.0 Å². The van der Waals surface area contributed by atoms with E-state index in [4.69, 9.17) is 4.74 Å². The summed E-state index contributed by atoms with van der Waals surface area (Å²) < 4.78 is 5.06. The molecule has 0 aliphatic carbocycles. The molecular formula is C17H28O3. The van der Waals surface area contributed by atoms with Crippen LogP contribution in [0.15, 0.2) is 24.3 Å². The van der Waals surface area contributed by atoms with Crippen molar-refractivity contribution in [3.8, 4) is 0 Å². The number of ketones is 1. The fourth-order valence-corrected chi connectivity index (χ4v) is 1.83. The molecule has 0 saturated carbocycles. The molecule has 0 N–H and O–H groups in total. The van der Waals surface area contributed by atoms with Gasteiger partial charge in [-0.1, -0.05) is 50.3 Å². The van der Waals surface area contributed by atoms with Crippen molar-refractivity contribution in [2.75, 3.05) is 6.61 Å². The number of esters is 1. The average Bonchev–Trinajstić information content (AvgIpc) is 2.41. The number of hydrogen-bond acceptors (Lipinski definition) is 3. The van der Waals surface area contributed by atoms with Crippen LogP contribution in [0.25, 0.3) is 0 Å². The van der Waals surface area contributed by atoms with Crippen molar-refractivity contribution in [3.63, 3.8) is 0 Å². The molecule has 3 nitrogen and oxygen atoms in total. The van der Waals surface area contributed by atoms with Crippen LogP contribution in [-0.4, -0.2) is 18.4 Å². The van der Waals surface area contributed by atoms with Crippen LogP contribution in [0.1, 0.15) is 65.2 Å². The molecule has 0 saturated heterocycles. The second kappa shape index (κ2) is 14.0. The minimum Gasteiger partial charge on any atom is -0.463 e. The molecule has 0 atom stereocenters. The van der Waals surface area contributed by atoms with Crippen molar-refractivity contribution >= 4 is 11.8 Å². The van der Waals surface area contributed by atoms with Crippen molar-refractivity contribution in [1.29, 1.82) is 0 Å². The van der Waals surface area contributed by atoms with Crippen LogP contribution >= 0.6 is 0 Å². The topological polar surface area (TPSA) is 43.4 Å². The Labute approximate surface area is 123 Å². The largest absolute Gasteiger partial charge is 0.463 e. The highest BCUT2D eigenvalue weighted by atomic mass is 16.5. The number of rotatable bonds is 12. The molecule has 0 spiro atoms. The number of hydrogen-bond donors (Lipinski definition) is 0. The molecule has 0 amide bonds. The van der Waals surface area contributed by atoms with Gasteiger partial charge in [0.2, 0.25) is 0 Å². The summed E-state index contributed by atoms with van der Waals surface area (Å²) in [6, 6.07) is 0. The Balaban J connectivity index is 3.24. The highest BCUT2D eigenvalue weighted by molar-refractivity contribution is 5.82. The molecule has 0 aromatic carbocycles. The fraction of sp³-hybridized carbons (Fsp3) is 0.647. The second-order valence-electron chi connectivity index (χ2n) is 4.98. The van der Waals surface area contributed by atoms with E-state index in [2.05, 4.69) is 0 Å². The van der Waals surface area contributed by atoms with Gasteiger partial charge in [-0.05, 0) is 26.7 Å². The van der Waals surface area contributed by atoms with Crippen molar-refractivity contribution in [3.05, 3.63) is 24.3 Å². The van der Waals surface area contributed by atoms with Gasteiger partial charge in [-0.25, -0.2) is 4.79 Å². The minimum absolute atomic E-state index is 0.271. The lowest BCUT2D eigenvalue weighted by Gasteiger charge is -2.02. The van der Waals surface area contributed by atoms with Crippen molar-refractivity contribution in [2.24, 2.45) is 0 Å². The molecule has 0 aliphatic heterocycles. The Morgan fingerprint density at radius 3 is 2.10 bits per heavy atom. The zero-order chi connectivity index (χ0) is 15.1. The molecule has 3 heteroatoms. The monoisotopic (exact) mass is 280 g/mol. The first-order valence-electron chi connectivity index (χ1n) is 7.62. The Hall–Kier alpha value is -1.38. The van der Waals surface area contributed by atoms with E-state index in [0.29, 0.717) is 6.61 Å². The van der Waals surface area contributed by atoms with Gasteiger partial charge in [-0.15, -0.1) is 0 Å². The summed E-state index contributed by atoms with van der Waals surface area (Å²) in [5.41, 5.74) is 0. The molecule has 0 aromatic rings. The van der Waals surface area contributed by atoms with Gasteiger partial charge in [0.1, 0.15) is 5.78 Å². The lowest BCUT2D eigenvalue weighted by atomic mass is 10.1. The first-order valence-corrected chi connectivity index (χ1v) is 7.62. The molecule has 0 aliphatic rings. The summed E-state index contributed by atoms with van der Waals surface area (Å²) in [5, 5.41) is 0. The Morgan fingerprint density at radius 1 is 0.900 bits per heavy atom. The smallest absolute Gasteiger partial charge is 0.330 e. The number of carbonyl (C=O) groups is 2. The molecule has 114 valence electrons. The maximum atomic E-state index is 11.2. The van der Waals surface area contributed by atoms with E-state index in [9.17, 15) is 9.59 Å². The zero-order valence-electron chi connectivity index (χ0n) is 12.9. The van der Waals surface area contributed by atoms with Gasteiger partial charge in [-0.2, -0.15) is 0 Å². The number of Topliss-reactive ketones (excluding diaryl/α,β-unsaturated/α-hetero) is 1. The van der Waals surface area contributed by atoms with Gasteiger partial charge in [0.05, 0.1) is 6.61 Å². The summed E-state index contributed by atoms with van der Waals surface area (Å²) in [5.74, 6) is 0.0163. The molecule has 0 unspecified atom stereocenters. The van der Waals surface area contributed by atoms with Crippen LogP contribution in [0.5, 0.6) is 0 Å². The molecule has 0 heterocycles. The Bertz CT molecular complexity index is 316. The first-order chi connectivity index (χ1) is 9.66. The summed E-state index contributed by atoms with van der Waals surface area (Å²) in [6.45, 7) is 4.05. The molecule has 0 fully saturated rings. The third-order valence-electron chi connectivity index (χ3n) is 2.95. The van der Waals surface area contributed by atoms with Gasteiger partial charge in [0.25, 0.3) is 0 Å². The summed E-state index contributed by atoms with van der Waals surface area (Å²) >= 11 is 0. The number of allylic oxidation sites excluding steroid dienone is 3. The fourth-order valence-electron chi connectivity index (χ4n) is 1.83. The van der Waals surface area contributed by atoms with Crippen molar-refractivity contribution < 1.29 is 14.3 Å². The summed E-state index contributed by atoms with van der Waals surface area (Å²) in [6.07, 6.45) is 15.3. The van der Waals surface area contributed by atoms with Crippen LogP contribution in [0.3, 0.4) is 0 Å². The van der Waals surface area contributed by atoms with Crippen LogP contribution in [-0.2, 0) is 14.3 Å². The molecular weight excluding hydrogens is 252 g/mol. The Morgan fingerprint density at radius 2 is 1.50 bits per heavy atom. The standard InChI is InChI=1S/C17H28O3/c1-3-4-10-14-17(19)20-15-12-9-7-5-6-8-11-13-16(2)18/h3-4,10,14H,5-9,11-13,15H2,1-2H3/b4-3+,14-10+. The second-order valence-corrected chi connectivity index (χ2v) is 4.98. The number of unbranched alkanes of at least 4 members (excludes halogenated alkanes) is 6. The predicted octanol–water partition coefficient (Wildman–Crippen LogP) is 4.37. The van der Waals surface area contributed by atoms with Gasteiger partial charge >= 0.3 is 5.97 Å². The predicted molar refractivity (Wildman–Crippen MR) is 82.5 cm³/mol. The molecule has 0 rings (SSSR count). The van der Waals surface area contributed by atoms with Gasteiger partial charge < -0.3 is 9.53 Å². The van der Waals surface area contributed by atoms with Crippen molar-refractivity contribution in [1.82, 2.24) is 0 Å². The highest BCUT2D eigenvalue weighted by Gasteiger charge is 1.97. The minimum atomic E-state index is -0.271. The van der Waals surface area contributed by atoms with Gasteiger partial charge in [0, 0.05) is 12.5 Å². The van der Waals surface area contributed by atoms with E-state index in [1.54, 1.807) is 19.1 Å². The molecule has 0 bridgehead atoms. The molecule has 20 heavy (non-hydrogen) atoms. The van der Waals surface area contributed by atoms with Gasteiger partial charge in [-0.3, -0.25) is 0 Å². The summed E-state index contributed by atoms with van der Waals surface area (Å²) in [4.78, 5) is 21.9. The lowest BCUT2D eigenvalue weighted by Crippen LogP contribution is -2.02. The van der Waals surface area contributed by atoms with Crippen LogP contribution in [0, 0.1) is 0 Å². The van der Waals surface area contributed by atoms with E-state index in [-0.39, 0.29) is 11.8 Å².